The Bertz CT molecular complexity index is 2510. The number of anilines is 3. The molecule has 0 aromatic heterocycles. The third kappa shape index (κ3) is 6.98. The molecule has 2 aliphatic rings. The monoisotopic (exact) mass is 765 g/mol. The summed E-state index contributed by atoms with van der Waals surface area (Å²) >= 11 is 0. The molecule has 0 spiro atoms. The van der Waals surface area contributed by atoms with Crippen molar-refractivity contribution in [2.45, 2.75) is 0 Å². The van der Waals surface area contributed by atoms with Gasteiger partial charge in [-0.25, -0.2) is 9.80 Å². The van der Waals surface area contributed by atoms with Crippen LogP contribution in [-0.4, -0.2) is 58.0 Å². The number of ether oxygens (including phenoxy) is 4. The van der Waals surface area contributed by atoms with E-state index in [9.17, 15) is 24.0 Å². The summed E-state index contributed by atoms with van der Waals surface area (Å²) in [6.45, 7) is 0. The molecular weight excluding hydrogens is 730 g/mol. The number of carbonyl (C=O) groups excluding carboxylic acids is 5. The first-order valence-corrected chi connectivity index (χ1v) is 17.4. The summed E-state index contributed by atoms with van der Waals surface area (Å²) in [5.74, 6) is -1.11. The molecule has 2 heterocycles. The van der Waals surface area contributed by atoms with E-state index in [4.69, 9.17) is 18.9 Å². The summed E-state index contributed by atoms with van der Waals surface area (Å²) in [6, 6.07) is 29.4. The topological polar surface area (TPSA) is 165 Å². The van der Waals surface area contributed by atoms with Gasteiger partial charge in [0.2, 0.25) is 0 Å². The van der Waals surface area contributed by atoms with Gasteiger partial charge in [0.05, 0.1) is 51.0 Å². The largest absolute Gasteiger partial charge is 0.493 e. The Kier molecular flexibility index (Phi) is 10.4. The number of imide groups is 2. The van der Waals surface area contributed by atoms with Crippen molar-refractivity contribution in [3.8, 4) is 23.0 Å². The molecule has 5 aromatic rings. The Morgan fingerprint density at radius 2 is 0.947 bits per heavy atom. The van der Waals surface area contributed by atoms with Gasteiger partial charge in [-0.1, -0.05) is 36.4 Å². The van der Waals surface area contributed by atoms with Gasteiger partial charge in [-0.3, -0.25) is 29.4 Å². The van der Waals surface area contributed by atoms with Gasteiger partial charge >= 0.3 is 0 Å². The van der Waals surface area contributed by atoms with Gasteiger partial charge in [0, 0.05) is 58.0 Å². The normalized spacial score (nSPS) is 14.9. The zero-order valence-corrected chi connectivity index (χ0v) is 31.1. The van der Waals surface area contributed by atoms with Crippen molar-refractivity contribution in [2.75, 3.05) is 43.6 Å². The molecular formula is C43H35N5O9. The van der Waals surface area contributed by atoms with E-state index < -0.39 is 29.5 Å². The van der Waals surface area contributed by atoms with Crippen molar-refractivity contribution >= 4 is 57.7 Å². The number of methoxy groups -OCH3 is 4. The van der Waals surface area contributed by atoms with Gasteiger partial charge in [-0.15, -0.1) is 0 Å². The molecule has 0 saturated heterocycles. The zero-order valence-electron chi connectivity index (χ0n) is 31.1. The molecule has 57 heavy (non-hydrogen) atoms. The number of hydrogen-bond acceptors (Lipinski definition) is 11. The van der Waals surface area contributed by atoms with E-state index in [-0.39, 0.29) is 22.4 Å². The second-order valence-corrected chi connectivity index (χ2v) is 12.5. The number of amides is 5. The van der Waals surface area contributed by atoms with Gasteiger partial charge in [0.15, 0.2) is 23.0 Å². The van der Waals surface area contributed by atoms with Crippen LogP contribution in [0.4, 0.5) is 17.1 Å². The predicted molar refractivity (Wildman–Crippen MR) is 212 cm³/mol. The van der Waals surface area contributed by atoms with Gasteiger partial charge in [0.25, 0.3) is 29.5 Å². The van der Waals surface area contributed by atoms with Crippen LogP contribution in [0.5, 0.6) is 23.0 Å². The Labute approximate surface area is 326 Å². The van der Waals surface area contributed by atoms with Crippen LogP contribution in [0.2, 0.25) is 0 Å². The Morgan fingerprint density at radius 3 is 1.40 bits per heavy atom. The molecule has 3 N–H and O–H groups in total. The Balaban J connectivity index is 1.07. The van der Waals surface area contributed by atoms with Crippen molar-refractivity contribution in [1.82, 2.24) is 10.9 Å². The van der Waals surface area contributed by atoms with Crippen molar-refractivity contribution in [1.29, 1.82) is 0 Å². The number of nitrogens with one attached hydrogen (secondary N) is 3. The number of hydrazine groups is 1. The maximum atomic E-state index is 13.9. The lowest BCUT2D eigenvalue weighted by molar-refractivity contribution is -0.113. The fourth-order valence-corrected chi connectivity index (χ4v) is 6.50. The smallest absolute Gasteiger partial charge is 0.269 e. The first-order valence-electron chi connectivity index (χ1n) is 17.4. The molecule has 286 valence electrons. The molecule has 0 aliphatic carbocycles. The van der Waals surface area contributed by atoms with Crippen molar-refractivity contribution < 1.29 is 42.9 Å². The summed E-state index contributed by atoms with van der Waals surface area (Å²) in [5, 5.41) is 3.11. The van der Waals surface area contributed by atoms with E-state index in [0.717, 1.165) is 9.80 Å². The lowest BCUT2D eigenvalue weighted by Gasteiger charge is -2.29. The molecule has 0 atom stereocenters. The minimum Gasteiger partial charge on any atom is -0.493 e. The zero-order chi connectivity index (χ0) is 40.2. The summed E-state index contributed by atoms with van der Waals surface area (Å²) in [6.07, 6.45) is 2.84. The van der Waals surface area contributed by atoms with Crippen LogP contribution in [0.25, 0.3) is 11.1 Å². The number of nitrogens with zero attached hydrogens (tertiary/aromatic N) is 2. The fraction of sp³-hybridized carbons (Fsp3) is 0.0930. The Hall–Kier alpha value is -7.87. The van der Waals surface area contributed by atoms with E-state index in [1.807, 2.05) is 0 Å². The third-order valence-corrected chi connectivity index (χ3v) is 9.35. The first-order chi connectivity index (χ1) is 27.7. The van der Waals surface area contributed by atoms with E-state index in [0.29, 0.717) is 56.6 Å². The molecule has 5 aromatic carbocycles. The second-order valence-electron chi connectivity index (χ2n) is 12.5. The standard InChI is InChI=1S/C43H35N5O9/c1-54-35-19-17-27(21-37(35)56-3)47-40(50)31-11-7-5-9-29(31)33(42(47)52)23-44-26-15-13-25(14-16-26)39(49)46-45-24-34-30-10-6-8-12-32(30)41(51)48(43(34)53)28-18-20-36(55-2)38(22-28)57-4/h5-24,44-45H,1-4H3,(H,46,49)/b33-23+,34-24+. The van der Waals surface area contributed by atoms with Crippen molar-refractivity contribution in [3.05, 3.63) is 149 Å². The number of carbonyl (C=O) groups is 5. The summed E-state index contributed by atoms with van der Waals surface area (Å²) in [7, 11) is 5.90. The predicted octanol–water partition coefficient (Wildman–Crippen LogP) is 5.82. The average molecular weight is 766 g/mol. The van der Waals surface area contributed by atoms with E-state index >= 15 is 0 Å². The Morgan fingerprint density at radius 1 is 0.509 bits per heavy atom. The van der Waals surface area contributed by atoms with Crippen LogP contribution in [0, 0.1) is 0 Å². The molecule has 0 fully saturated rings. The summed E-state index contributed by atoms with van der Waals surface area (Å²) in [5.41, 5.74) is 8.56. The molecule has 5 amide bonds. The van der Waals surface area contributed by atoms with Gasteiger partial charge < -0.3 is 29.7 Å². The second kappa shape index (κ2) is 15.8. The number of rotatable bonds is 11. The van der Waals surface area contributed by atoms with Crippen molar-refractivity contribution in [2.24, 2.45) is 0 Å². The lowest BCUT2D eigenvalue weighted by Crippen LogP contribution is -2.43. The molecule has 14 nitrogen and oxygen atoms in total. The molecule has 14 heteroatoms. The van der Waals surface area contributed by atoms with Crippen LogP contribution in [0.3, 0.4) is 0 Å². The van der Waals surface area contributed by atoms with Crippen LogP contribution in [0.15, 0.2) is 122 Å². The fourth-order valence-electron chi connectivity index (χ4n) is 6.50. The number of fused-ring (bicyclic) bond motifs is 2. The highest BCUT2D eigenvalue weighted by Crippen LogP contribution is 2.38. The van der Waals surface area contributed by atoms with Gasteiger partial charge in [0.1, 0.15) is 0 Å². The maximum absolute atomic E-state index is 13.9. The molecule has 0 radical (unpaired) electrons. The summed E-state index contributed by atoms with van der Waals surface area (Å²) in [4.78, 5) is 70.1. The van der Waals surface area contributed by atoms with E-state index in [2.05, 4.69) is 16.2 Å². The number of hydrogen-bond donors (Lipinski definition) is 3. The molecule has 0 unspecified atom stereocenters. The molecule has 0 bridgehead atoms. The minimum absolute atomic E-state index is 0.137. The molecule has 0 saturated carbocycles. The molecule has 7 rings (SSSR count). The SMILES string of the molecule is COc1ccc(N2C(=O)/C(=C/NNC(=O)c3ccc(N/C=C4/C(=O)N(c5ccc(OC)c(OC)c5)C(=O)c5ccccc54)cc3)c3ccccc3C2=O)cc1OC. The van der Waals surface area contributed by atoms with E-state index in [1.54, 1.807) is 103 Å². The van der Waals surface area contributed by atoms with Crippen molar-refractivity contribution in [3.63, 3.8) is 0 Å². The quantitative estimate of drug-likeness (QED) is 0.0843. The molecule has 2 aliphatic heterocycles. The minimum atomic E-state index is -0.618. The van der Waals surface area contributed by atoms with Crippen LogP contribution < -0.4 is 44.9 Å². The highest BCUT2D eigenvalue weighted by Gasteiger charge is 2.37. The van der Waals surface area contributed by atoms with Crippen LogP contribution in [-0.2, 0) is 9.59 Å². The van der Waals surface area contributed by atoms with Gasteiger partial charge in [-0.2, -0.15) is 0 Å². The van der Waals surface area contributed by atoms with Crippen LogP contribution in [0.1, 0.15) is 42.2 Å². The third-order valence-electron chi connectivity index (χ3n) is 9.35. The highest BCUT2D eigenvalue weighted by atomic mass is 16.5. The van der Waals surface area contributed by atoms with E-state index in [1.165, 1.54) is 46.9 Å². The number of benzene rings is 5. The average Bonchev–Trinajstić information content (AvgIpc) is 3.24. The van der Waals surface area contributed by atoms with Crippen LogP contribution >= 0.6 is 0 Å². The maximum Gasteiger partial charge on any atom is 0.269 e. The lowest BCUT2D eigenvalue weighted by atomic mass is 9.93. The van der Waals surface area contributed by atoms with Gasteiger partial charge in [-0.05, 0) is 60.7 Å². The highest BCUT2D eigenvalue weighted by molar-refractivity contribution is 6.42. The summed E-state index contributed by atoms with van der Waals surface area (Å²) < 4.78 is 21.4. The first kappa shape index (κ1) is 37.4.